The minimum atomic E-state index is 0.0170. The highest BCUT2D eigenvalue weighted by atomic mass is 79.9. The Morgan fingerprint density at radius 3 is 2.39 bits per heavy atom. The predicted molar refractivity (Wildman–Crippen MR) is 87.4 cm³/mol. The van der Waals surface area contributed by atoms with Crippen LogP contribution in [0.4, 0.5) is 5.95 Å². The van der Waals surface area contributed by atoms with Gasteiger partial charge < -0.3 is 14.9 Å². The number of nitriles is 1. The molecule has 0 aliphatic carbocycles. The molecule has 0 fully saturated rings. The van der Waals surface area contributed by atoms with Crippen LogP contribution in [0.2, 0.25) is 0 Å². The van der Waals surface area contributed by atoms with E-state index in [0.29, 0.717) is 16.1 Å². The molecule has 0 saturated heterocycles. The van der Waals surface area contributed by atoms with Crippen molar-refractivity contribution >= 4 is 21.9 Å². The van der Waals surface area contributed by atoms with Gasteiger partial charge in [-0.25, -0.2) is 4.98 Å². The first-order valence-corrected chi connectivity index (χ1v) is 7.17. The number of nitrogens with two attached hydrogens (primary N) is 1. The van der Waals surface area contributed by atoms with E-state index in [4.69, 9.17) is 20.1 Å². The SMILES string of the molecule is COc1nc(N)nc(-c2ccc(Br)o2)c1C#N.c1ccncc1. The van der Waals surface area contributed by atoms with E-state index in [2.05, 4.69) is 30.9 Å². The van der Waals surface area contributed by atoms with Crippen molar-refractivity contribution in [1.29, 1.82) is 5.26 Å². The lowest BCUT2D eigenvalue weighted by Crippen LogP contribution is -2.02. The van der Waals surface area contributed by atoms with Crippen molar-refractivity contribution in [3.05, 3.63) is 53.0 Å². The Labute approximate surface area is 140 Å². The molecule has 116 valence electrons. The lowest BCUT2D eigenvalue weighted by Gasteiger charge is -2.05. The predicted octanol–water partition coefficient (Wildman–Crippen LogP) is 3.04. The summed E-state index contributed by atoms with van der Waals surface area (Å²) in [6.07, 6.45) is 3.50. The molecule has 0 amide bonds. The summed E-state index contributed by atoms with van der Waals surface area (Å²) in [5.41, 5.74) is 6.03. The number of hydrogen-bond donors (Lipinski definition) is 1. The summed E-state index contributed by atoms with van der Waals surface area (Å²) in [5, 5.41) is 9.09. The van der Waals surface area contributed by atoms with E-state index < -0.39 is 0 Å². The van der Waals surface area contributed by atoms with Crippen LogP contribution in [0.15, 0.2) is 51.8 Å². The molecule has 0 aliphatic rings. The number of pyridine rings is 1. The van der Waals surface area contributed by atoms with Crippen LogP contribution in [-0.4, -0.2) is 22.1 Å². The number of halogens is 1. The first-order chi connectivity index (χ1) is 11.2. The van der Waals surface area contributed by atoms with E-state index in [-0.39, 0.29) is 17.4 Å². The molecule has 0 bridgehead atoms. The Hall–Kier alpha value is -2.92. The topological polar surface area (TPSA) is 111 Å². The second-order valence-electron chi connectivity index (χ2n) is 4.05. The maximum Gasteiger partial charge on any atom is 0.237 e. The fraction of sp³-hybridized carbons (Fsp3) is 0.0667. The van der Waals surface area contributed by atoms with Crippen LogP contribution in [0.25, 0.3) is 11.5 Å². The molecule has 0 aromatic carbocycles. The number of furan rings is 1. The third-order valence-electron chi connectivity index (χ3n) is 2.57. The fourth-order valence-corrected chi connectivity index (χ4v) is 1.94. The smallest absolute Gasteiger partial charge is 0.237 e. The summed E-state index contributed by atoms with van der Waals surface area (Å²) in [6, 6.07) is 11.1. The molecule has 0 atom stereocenters. The number of nitrogens with zero attached hydrogens (tertiary/aromatic N) is 4. The van der Waals surface area contributed by atoms with Crippen LogP contribution < -0.4 is 10.5 Å². The Morgan fingerprint density at radius 2 is 1.96 bits per heavy atom. The normalized spacial score (nSPS) is 9.43. The zero-order valence-electron chi connectivity index (χ0n) is 12.1. The van der Waals surface area contributed by atoms with E-state index in [1.165, 1.54) is 7.11 Å². The molecule has 0 spiro atoms. The highest BCUT2D eigenvalue weighted by Crippen LogP contribution is 2.30. The molecule has 3 rings (SSSR count). The molecule has 2 N–H and O–H groups in total. The molecular formula is C15H12BrN5O2. The summed E-state index contributed by atoms with van der Waals surface area (Å²) in [7, 11) is 1.41. The number of hydrogen-bond acceptors (Lipinski definition) is 7. The number of nitrogen functional groups attached to an aromatic ring is 1. The van der Waals surface area contributed by atoms with Crippen molar-refractivity contribution < 1.29 is 9.15 Å². The summed E-state index contributed by atoms with van der Waals surface area (Å²) in [5.74, 6) is 0.562. The first-order valence-electron chi connectivity index (χ1n) is 6.38. The van der Waals surface area contributed by atoms with Gasteiger partial charge in [-0.05, 0) is 40.2 Å². The van der Waals surface area contributed by atoms with Gasteiger partial charge in [-0.2, -0.15) is 10.2 Å². The fourth-order valence-electron chi connectivity index (χ4n) is 1.64. The van der Waals surface area contributed by atoms with Crippen molar-refractivity contribution in [2.24, 2.45) is 0 Å². The van der Waals surface area contributed by atoms with Crippen LogP contribution in [0.5, 0.6) is 5.88 Å². The van der Waals surface area contributed by atoms with E-state index in [9.17, 15) is 0 Å². The molecular weight excluding hydrogens is 362 g/mol. The maximum atomic E-state index is 9.09. The molecule has 0 radical (unpaired) electrons. The standard InChI is InChI=1S/C10H7BrN4O2.C5H5N/c1-16-9-5(4-12)8(14-10(13)15-9)6-2-3-7(11)17-6;1-2-4-6-5-3-1/h2-3H,1H3,(H2,13,14,15);1-5H. The van der Waals surface area contributed by atoms with Crippen LogP contribution in [0, 0.1) is 11.3 Å². The molecule has 23 heavy (non-hydrogen) atoms. The molecule has 0 saturated carbocycles. The van der Waals surface area contributed by atoms with Gasteiger partial charge in [-0.3, -0.25) is 4.98 Å². The van der Waals surface area contributed by atoms with Crippen LogP contribution in [-0.2, 0) is 0 Å². The van der Waals surface area contributed by atoms with E-state index in [0.717, 1.165) is 0 Å². The van der Waals surface area contributed by atoms with Gasteiger partial charge in [-0.1, -0.05) is 6.07 Å². The summed E-state index contributed by atoms with van der Waals surface area (Å²) in [6.45, 7) is 0. The molecule has 3 aromatic rings. The van der Waals surface area contributed by atoms with E-state index in [1.807, 2.05) is 24.3 Å². The average molecular weight is 374 g/mol. The summed E-state index contributed by atoms with van der Waals surface area (Å²) in [4.78, 5) is 11.6. The van der Waals surface area contributed by atoms with Crippen molar-refractivity contribution in [1.82, 2.24) is 15.0 Å². The minimum absolute atomic E-state index is 0.0170. The Kier molecular flexibility index (Phi) is 5.66. The zero-order valence-corrected chi connectivity index (χ0v) is 13.7. The van der Waals surface area contributed by atoms with E-state index >= 15 is 0 Å². The third-order valence-corrected chi connectivity index (χ3v) is 3.00. The number of ether oxygens (including phenoxy) is 1. The Balaban J connectivity index is 0.000000268. The second-order valence-corrected chi connectivity index (χ2v) is 4.84. The minimum Gasteiger partial charge on any atom is -0.480 e. The Morgan fingerprint density at radius 1 is 1.22 bits per heavy atom. The van der Waals surface area contributed by atoms with Crippen molar-refractivity contribution in [2.75, 3.05) is 12.8 Å². The van der Waals surface area contributed by atoms with Crippen molar-refractivity contribution in [3.8, 4) is 23.4 Å². The molecule has 8 heteroatoms. The highest BCUT2D eigenvalue weighted by molar-refractivity contribution is 9.10. The van der Waals surface area contributed by atoms with E-state index in [1.54, 1.807) is 24.5 Å². The van der Waals surface area contributed by atoms with Gasteiger partial charge >= 0.3 is 0 Å². The van der Waals surface area contributed by atoms with Crippen molar-refractivity contribution in [2.45, 2.75) is 0 Å². The van der Waals surface area contributed by atoms with Crippen LogP contribution in [0.3, 0.4) is 0 Å². The number of anilines is 1. The monoisotopic (exact) mass is 373 g/mol. The summed E-state index contributed by atoms with van der Waals surface area (Å²) >= 11 is 3.17. The maximum absolute atomic E-state index is 9.09. The molecule has 7 nitrogen and oxygen atoms in total. The molecule has 3 heterocycles. The Bertz CT molecular complexity index is 788. The van der Waals surface area contributed by atoms with Gasteiger partial charge in [0.25, 0.3) is 0 Å². The van der Waals surface area contributed by atoms with Gasteiger partial charge in [0.1, 0.15) is 17.3 Å². The first kappa shape index (κ1) is 16.5. The number of rotatable bonds is 2. The third kappa shape index (κ3) is 4.28. The average Bonchev–Trinajstić information content (AvgIpc) is 3.02. The van der Waals surface area contributed by atoms with Gasteiger partial charge in [0.05, 0.1) is 7.11 Å². The van der Waals surface area contributed by atoms with Crippen molar-refractivity contribution in [3.63, 3.8) is 0 Å². The van der Waals surface area contributed by atoms with Crippen LogP contribution in [0.1, 0.15) is 5.56 Å². The molecule has 3 aromatic heterocycles. The highest BCUT2D eigenvalue weighted by Gasteiger charge is 2.18. The summed E-state index contributed by atoms with van der Waals surface area (Å²) < 4.78 is 10.8. The largest absolute Gasteiger partial charge is 0.480 e. The molecule has 0 unspecified atom stereocenters. The van der Waals surface area contributed by atoms with Gasteiger partial charge in [0.2, 0.25) is 11.8 Å². The van der Waals surface area contributed by atoms with Gasteiger partial charge in [0.15, 0.2) is 10.4 Å². The lowest BCUT2D eigenvalue weighted by atomic mass is 10.2. The van der Waals surface area contributed by atoms with Gasteiger partial charge in [0, 0.05) is 12.4 Å². The molecule has 0 aliphatic heterocycles. The number of methoxy groups -OCH3 is 1. The zero-order chi connectivity index (χ0) is 16.7. The quantitative estimate of drug-likeness (QED) is 0.734. The second kappa shape index (κ2) is 7.91. The number of aromatic nitrogens is 3. The lowest BCUT2D eigenvalue weighted by molar-refractivity contribution is 0.396. The van der Waals surface area contributed by atoms with Crippen LogP contribution >= 0.6 is 15.9 Å². The van der Waals surface area contributed by atoms with Gasteiger partial charge in [-0.15, -0.1) is 0 Å².